The Kier molecular flexibility index (Phi) is 6.02. The van der Waals surface area contributed by atoms with Crippen LogP contribution < -0.4 is 10.6 Å². The number of urea groups is 1. The number of ether oxygens (including phenoxy) is 1. The van der Waals surface area contributed by atoms with E-state index in [0.29, 0.717) is 0 Å². The van der Waals surface area contributed by atoms with Crippen LogP contribution in [0.25, 0.3) is 0 Å². The number of nitrogens with one attached hydrogen (secondary N) is 2. The molecular formula is C15H28N2O2S. The van der Waals surface area contributed by atoms with Crippen LogP contribution in [0.1, 0.15) is 51.9 Å². The molecule has 2 amide bonds. The Morgan fingerprint density at radius 3 is 2.90 bits per heavy atom. The molecular weight excluding hydrogens is 272 g/mol. The molecule has 2 fully saturated rings. The Bertz CT molecular complexity index is 319. The fourth-order valence-corrected chi connectivity index (χ4v) is 3.93. The first-order valence-corrected chi connectivity index (χ1v) is 9.23. The van der Waals surface area contributed by atoms with E-state index in [-0.39, 0.29) is 23.7 Å². The molecule has 1 aliphatic heterocycles. The van der Waals surface area contributed by atoms with Crippen molar-refractivity contribution >= 4 is 17.8 Å². The van der Waals surface area contributed by atoms with E-state index in [1.54, 1.807) is 0 Å². The van der Waals surface area contributed by atoms with Crippen LogP contribution in [0.2, 0.25) is 0 Å². The van der Waals surface area contributed by atoms with Gasteiger partial charge in [0.2, 0.25) is 0 Å². The SMILES string of the molecule is CSCCC(C)NC(=O)NC1CCOC2(CCCC2)C1. The van der Waals surface area contributed by atoms with Crippen LogP contribution in [0.5, 0.6) is 0 Å². The van der Waals surface area contributed by atoms with E-state index < -0.39 is 0 Å². The van der Waals surface area contributed by atoms with Crippen molar-refractivity contribution in [1.82, 2.24) is 10.6 Å². The zero-order valence-electron chi connectivity index (χ0n) is 12.7. The maximum absolute atomic E-state index is 12.0. The fraction of sp³-hybridized carbons (Fsp3) is 0.933. The van der Waals surface area contributed by atoms with E-state index in [1.165, 1.54) is 12.8 Å². The number of carbonyl (C=O) groups excluding carboxylic acids is 1. The Balaban J connectivity index is 1.73. The molecule has 2 N–H and O–H groups in total. The molecule has 2 aliphatic rings. The van der Waals surface area contributed by atoms with Crippen molar-refractivity contribution < 1.29 is 9.53 Å². The van der Waals surface area contributed by atoms with Gasteiger partial charge in [-0.1, -0.05) is 12.8 Å². The maximum Gasteiger partial charge on any atom is 0.315 e. The molecule has 0 aromatic carbocycles. The maximum atomic E-state index is 12.0. The van der Waals surface area contributed by atoms with Gasteiger partial charge in [0.25, 0.3) is 0 Å². The molecule has 1 spiro atoms. The summed E-state index contributed by atoms with van der Waals surface area (Å²) in [6, 6.07) is 0.496. The van der Waals surface area contributed by atoms with Gasteiger partial charge >= 0.3 is 6.03 Å². The number of thioether (sulfide) groups is 1. The summed E-state index contributed by atoms with van der Waals surface area (Å²) in [7, 11) is 0. The molecule has 0 bridgehead atoms. The van der Waals surface area contributed by atoms with Crippen LogP contribution in [-0.2, 0) is 4.74 Å². The normalized spacial score (nSPS) is 26.4. The van der Waals surface area contributed by atoms with E-state index in [1.807, 2.05) is 11.8 Å². The van der Waals surface area contributed by atoms with Gasteiger partial charge in [-0.3, -0.25) is 0 Å². The predicted octanol–water partition coefficient (Wildman–Crippen LogP) is 2.92. The van der Waals surface area contributed by atoms with Crippen molar-refractivity contribution in [1.29, 1.82) is 0 Å². The van der Waals surface area contributed by atoms with Gasteiger partial charge in [0, 0.05) is 18.7 Å². The molecule has 20 heavy (non-hydrogen) atoms. The Morgan fingerprint density at radius 1 is 1.45 bits per heavy atom. The molecule has 116 valence electrons. The van der Waals surface area contributed by atoms with Gasteiger partial charge < -0.3 is 15.4 Å². The molecule has 0 radical (unpaired) electrons. The van der Waals surface area contributed by atoms with Crippen LogP contribution in [-0.4, -0.2) is 42.3 Å². The lowest BCUT2D eigenvalue weighted by Gasteiger charge is -2.38. The summed E-state index contributed by atoms with van der Waals surface area (Å²) in [5.41, 5.74) is 0.0701. The summed E-state index contributed by atoms with van der Waals surface area (Å²) >= 11 is 1.82. The molecule has 0 aromatic heterocycles. The van der Waals surface area contributed by atoms with Crippen LogP contribution in [0, 0.1) is 0 Å². The monoisotopic (exact) mass is 300 g/mol. The van der Waals surface area contributed by atoms with E-state index in [2.05, 4.69) is 23.8 Å². The lowest BCUT2D eigenvalue weighted by molar-refractivity contribution is -0.0820. The van der Waals surface area contributed by atoms with Crippen molar-refractivity contribution in [2.45, 2.75) is 69.6 Å². The number of carbonyl (C=O) groups is 1. The number of amides is 2. The van der Waals surface area contributed by atoms with Crippen molar-refractivity contribution in [3.8, 4) is 0 Å². The lowest BCUT2D eigenvalue weighted by atomic mass is 9.89. The molecule has 2 unspecified atom stereocenters. The highest BCUT2D eigenvalue weighted by Gasteiger charge is 2.40. The summed E-state index contributed by atoms with van der Waals surface area (Å²) in [5.74, 6) is 1.09. The lowest BCUT2D eigenvalue weighted by Crippen LogP contribution is -2.51. The first-order valence-electron chi connectivity index (χ1n) is 7.83. The number of hydrogen-bond acceptors (Lipinski definition) is 3. The van der Waals surface area contributed by atoms with Gasteiger partial charge in [-0.15, -0.1) is 0 Å². The van der Waals surface area contributed by atoms with Crippen molar-refractivity contribution in [3.05, 3.63) is 0 Å². The molecule has 1 aliphatic carbocycles. The second-order valence-corrected chi connectivity index (χ2v) is 7.21. The Labute approximate surface area is 126 Å². The van der Waals surface area contributed by atoms with Gasteiger partial charge in [0.05, 0.1) is 5.60 Å². The van der Waals surface area contributed by atoms with Crippen LogP contribution in [0.15, 0.2) is 0 Å². The highest BCUT2D eigenvalue weighted by Crippen LogP contribution is 2.39. The van der Waals surface area contributed by atoms with Crippen molar-refractivity contribution in [3.63, 3.8) is 0 Å². The third-order valence-electron chi connectivity index (χ3n) is 4.48. The summed E-state index contributed by atoms with van der Waals surface area (Å²) in [6.07, 6.45) is 9.90. The van der Waals surface area contributed by atoms with Crippen LogP contribution in [0.4, 0.5) is 4.79 Å². The minimum atomic E-state index is -0.0151. The van der Waals surface area contributed by atoms with Gasteiger partial charge in [0.1, 0.15) is 0 Å². The highest BCUT2D eigenvalue weighted by molar-refractivity contribution is 7.98. The molecule has 5 heteroatoms. The molecule has 4 nitrogen and oxygen atoms in total. The minimum absolute atomic E-state index is 0.0151. The quantitative estimate of drug-likeness (QED) is 0.821. The van der Waals surface area contributed by atoms with E-state index in [9.17, 15) is 4.79 Å². The highest BCUT2D eigenvalue weighted by atomic mass is 32.2. The smallest absolute Gasteiger partial charge is 0.315 e. The molecule has 1 heterocycles. The molecule has 2 atom stereocenters. The van der Waals surface area contributed by atoms with Gasteiger partial charge in [-0.05, 0) is 51.0 Å². The summed E-state index contributed by atoms with van der Waals surface area (Å²) < 4.78 is 6.00. The first-order chi connectivity index (χ1) is 9.63. The van der Waals surface area contributed by atoms with Gasteiger partial charge in [0.15, 0.2) is 0 Å². The van der Waals surface area contributed by atoms with Crippen LogP contribution >= 0.6 is 11.8 Å². The summed E-state index contributed by atoms with van der Waals surface area (Å²) in [4.78, 5) is 12.0. The van der Waals surface area contributed by atoms with E-state index in [4.69, 9.17) is 4.74 Å². The average Bonchev–Trinajstić information content (AvgIpc) is 2.84. The van der Waals surface area contributed by atoms with Crippen LogP contribution in [0.3, 0.4) is 0 Å². The molecule has 2 rings (SSSR count). The second kappa shape index (κ2) is 7.55. The number of hydrogen-bond donors (Lipinski definition) is 2. The topological polar surface area (TPSA) is 50.4 Å². The van der Waals surface area contributed by atoms with Gasteiger partial charge in [-0.25, -0.2) is 4.79 Å². The summed E-state index contributed by atoms with van der Waals surface area (Å²) in [6.45, 7) is 2.85. The average molecular weight is 300 g/mol. The zero-order valence-corrected chi connectivity index (χ0v) is 13.6. The predicted molar refractivity (Wildman–Crippen MR) is 84.3 cm³/mol. The third-order valence-corrected chi connectivity index (χ3v) is 5.12. The van der Waals surface area contributed by atoms with Crippen molar-refractivity contribution in [2.75, 3.05) is 18.6 Å². The molecule has 0 aromatic rings. The Morgan fingerprint density at radius 2 is 2.20 bits per heavy atom. The second-order valence-electron chi connectivity index (χ2n) is 6.23. The van der Waals surface area contributed by atoms with E-state index in [0.717, 1.165) is 44.5 Å². The fourth-order valence-electron chi connectivity index (χ4n) is 3.34. The number of rotatable bonds is 5. The Hall–Kier alpha value is -0.420. The van der Waals surface area contributed by atoms with E-state index >= 15 is 0 Å². The standard InChI is InChI=1S/C15H28N2O2S/c1-12(6-10-20-2)16-14(18)17-13-5-9-19-15(11-13)7-3-4-8-15/h12-13H,3-11H2,1-2H3,(H2,16,17,18). The first kappa shape index (κ1) is 16.0. The molecule has 1 saturated heterocycles. The largest absolute Gasteiger partial charge is 0.375 e. The summed E-state index contributed by atoms with van der Waals surface area (Å²) in [5, 5.41) is 6.18. The van der Waals surface area contributed by atoms with Crippen molar-refractivity contribution in [2.24, 2.45) is 0 Å². The third kappa shape index (κ3) is 4.55. The zero-order chi connectivity index (χ0) is 14.4. The minimum Gasteiger partial charge on any atom is -0.375 e. The van der Waals surface area contributed by atoms with Gasteiger partial charge in [-0.2, -0.15) is 11.8 Å². The molecule has 1 saturated carbocycles.